The number of ether oxygens (including phenoxy) is 1. The number of hydrogen-bond acceptors (Lipinski definition) is 8. The van der Waals surface area contributed by atoms with Gasteiger partial charge in [-0.2, -0.15) is 0 Å². The van der Waals surface area contributed by atoms with E-state index in [-0.39, 0.29) is 53.2 Å². The van der Waals surface area contributed by atoms with Crippen LogP contribution in [0.15, 0.2) is 11.6 Å². The van der Waals surface area contributed by atoms with Gasteiger partial charge in [0.25, 0.3) is 0 Å². The van der Waals surface area contributed by atoms with E-state index < -0.39 is 28.6 Å². The van der Waals surface area contributed by atoms with E-state index in [9.17, 15) is 29.7 Å². The van der Waals surface area contributed by atoms with Crippen LogP contribution in [-0.2, 0) is 19.1 Å². The van der Waals surface area contributed by atoms with E-state index in [2.05, 4.69) is 0 Å². The van der Waals surface area contributed by atoms with Crippen LogP contribution in [0.4, 0.5) is 0 Å². The maximum atomic E-state index is 13.2. The molecule has 0 aliphatic heterocycles. The highest BCUT2D eigenvalue weighted by molar-refractivity contribution is 8.00. The lowest BCUT2D eigenvalue weighted by Crippen LogP contribution is -2.61. The Hall–Kier alpha value is -1.22. The summed E-state index contributed by atoms with van der Waals surface area (Å²) < 4.78 is 4.92. The third-order valence-corrected chi connectivity index (χ3v) is 10.2. The van der Waals surface area contributed by atoms with Gasteiger partial charge in [0.1, 0.15) is 5.78 Å². The second kappa shape index (κ2) is 8.77. The Morgan fingerprint density at radius 2 is 1.85 bits per heavy atom. The highest BCUT2D eigenvalue weighted by Crippen LogP contribution is 2.67. The van der Waals surface area contributed by atoms with Crippen LogP contribution < -0.4 is 0 Å². The first-order chi connectivity index (χ1) is 15.5. The second-order valence-corrected chi connectivity index (χ2v) is 11.8. The van der Waals surface area contributed by atoms with Crippen LogP contribution in [0.1, 0.15) is 59.3 Å². The zero-order valence-corrected chi connectivity index (χ0v) is 20.5. The minimum absolute atomic E-state index is 0.0317. The average molecular weight is 481 g/mol. The number of aliphatic hydroxyl groups excluding tert-OH is 2. The Bertz CT molecular complexity index is 871. The smallest absolute Gasteiger partial charge is 0.315 e. The topological polar surface area (TPSA) is 121 Å². The minimum Gasteiger partial charge on any atom is -0.465 e. The van der Waals surface area contributed by atoms with Crippen LogP contribution in [0.3, 0.4) is 0 Å². The van der Waals surface area contributed by atoms with Crippen molar-refractivity contribution in [3.8, 4) is 0 Å². The van der Waals surface area contributed by atoms with E-state index in [1.165, 1.54) is 11.8 Å². The van der Waals surface area contributed by atoms with E-state index >= 15 is 0 Å². The number of fused-ring (bicyclic) bond motifs is 5. The van der Waals surface area contributed by atoms with Crippen LogP contribution in [0.5, 0.6) is 0 Å². The SMILES string of the molecule is CCOC(=O)CSCC(=O)[C@H]1CC[C@@]2(O)C3=CC(=O)[C@@H]4C[C@@H](O)[C@@H](O)C[C@]4(C)C3CC[C@]12C. The molecule has 4 aliphatic carbocycles. The zero-order valence-electron chi connectivity index (χ0n) is 19.7. The van der Waals surface area contributed by atoms with Crippen LogP contribution in [-0.4, -0.2) is 68.8 Å². The molecule has 0 heterocycles. The van der Waals surface area contributed by atoms with Crippen molar-refractivity contribution in [3.63, 3.8) is 0 Å². The fourth-order valence-corrected chi connectivity index (χ4v) is 8.18. The molecule has 0 saturated heterocycles. The monoisotopic (exact) mass is 480 g/mol. The predicted molar refractivity (Wildman–Crippen MR) is 123 cm³/mol. The van der Waals surface area contributed by atoms with Crippen LogP contribution in [0.2, 0.25) is 0 Å². The van der Waals surface area contributed by atoms with E-state index in [0.717, 1.165) is 12.0 Å². The molecule has 1 unspecified atom stereocenters. The number of hydrogen-bond donors (Lipinski definition) is 3. The van der Waals surface area contributed by atoms with Crippen molar-refractivity contribution in [1.29, 1.82) is 0 Å². The molecule has 33 heavy (non-hydrogen) atoms. The summed E-state index contributed by atoms with van der Waals surface area (Å²) in [5.74, 6) is -0.833. The Balaban J connectivity index is 1.56. The van der Waals surface area contributed by atoms with Gasteiger partial charge in [-0.3, -0.25) is 14.4 Å². The number of thioether (sulfide) groups is 1. The molecule has 4 rings (SSSR count). The number of carbonyl (C=O) groups is 3. The summed E-state index contributed by atoms with van der Waals surface area (Å²) in [4.78, 5) is 37.9. The summed E-state index contributed by atoms with van der Waals surface area (Å²) in [6.07, 6.45) is 2.73. The Labute approximate surface area is 199 Å². The number of rotatable bonds is 6. The van der Waals surface area contributed by atoms with E-state index in [1.807, 2.05) is 13.8 Å². The molecule has 8 heteroatoms. The number of carbonyl (C=O) groups excluding carboxylic acids is 3. The summed E-state index contributed by atoms with van der Waals surface area (Å²) in [6.45, 7) is 6.03. The van der Waals surface area contributed by atoms with Crippen molar-refractivity contribution in [1.82, 2.24) is 0 Å². The van der Waals surface area contributed by atoms with E-state index in [4.69, 9.17) is 4.74 Å². The molecule has 4 aliphatic rings. The minimum atomic E-state index is -1.24. The third-order valence-electron chi connectivity index (χ3n) is 9.28. The highest BCUT2D eigenvalue weighted by Gasteiger charge is 2.67. The van der Waals surface area contributed by atoms with Gasteiger partial charge in [0, 0.05) is 17.3 Å². The lowest BCUT2D eigenvalue weighted by atomic mass is 9.46. The van der Waals surface area contributed by atoms with Crippen LogP contribution >= 0.6 is 11.8 Å². The van der Waals surface area contributed by atoms with Crippen molar-refractivity contribution in [2.24, 2.45) is 28.6 Å². The molecule has 3 N–H and O–H groups in total. The summed E-state index contributed by atoms with van der Waals surface area (Å²) in [6, 6.07) is 0. The van der Waals surface area contributed by atoms with E-state index in [0.29, 0.717) is 32.3 Å². The molecule has 3 fully saturated rings. The molecular formula is C25H36O7S. The van der Waals surface area contributed by atoms with Crippen molar-refractivity contribution in [3.05, 3.63) is 11.6 Å². The Kier molecular flexibility index (Phi) is 6.62. The molecule has 3 saturated carbocycles. The zero-order chi connectivity index (χ0) is 24.2. The van der Waals surface area contributed by atoms with Gasteiger partial charge >= 0.3 is 5.97 Å². The molecule has 0 radical (unpaired) electrons. The maximum Gasteiger partial charge on any atom is 0.315 e. The van der Waals surface area contributed by atoms with Gasteiger partial charge in [0.15, 0.2) is 5.78 Å². The molecule has 0 aromatic heterocycles. The van der Waals surface area contributed by atoms with Gasteiger partial charge in [-0.25, -0.2) is 0 Å². The van der Waals surface area contributed by atoms with Crippen LogP contribution in [0.25, 0.3) is 0 Å². The fraction of sp³-hybridized carbons (Fsp3) is 0.800. The number of ketones is 2. The standard InChI is InChI=1S/C25H36O7S/c1-4-32-22(30)13-33-12-21(29)15-6-8-25(31)16-9-18(26)17-10-19(27)20(28)11-23(17,2)14(16)5-7-24(15,25)3/h9,14-15,17,19-20,27-28,31H,4-8,10-13H2,1-3H3/t14?,15-,17+,19-,20+,23-,24-,25-/m1/s1. The first-order valence-corrected chi connectivity index (χ1v) is 13.2. The van der Waals surface area contributed by atoms with Gasteiger partial charge in [-0.05, 0) is 68.4 Å². The van der Waals surface area contributed by atoms with Gasteiger partial charge in [-0.1, -0.05) is 13.8 Å². The summed E-state index contributed by atoms with van der Waals surface area (Å²) in [5, 5.41) is 32.6. The average Bonchev–Trinajstić information content (AvgIpc) is 3.02. The Morgan fingerprint density at radius 1 is 1.12 bits per heavy atom. The molecule has 7 nitrogen and oxygen atoms in total. The molecule has 0 amide bonds. The van der Waals surface area contributed by atoms with Crippen molar-refractivity contribution in [2.75, 3.05) is 18.1 Å². The lowest BCUT2D eigenvalue weighted by molar-refractivity contribution is -0.153. The van der Waals surface area contributed by atoms with Crippen molar-refractivity contribution in [2.45, 2.75) is 77.1 Å². The summed E-state index contributed by atoms with van der Waals surface area (Å²) >= 11 is 1.25. The molecule has 184 valence electrons. The lowest BCUT2D eigenvalue weighted by Gasteiger charge is -2.59. The summed E-state index contributed by atoms with van der Waals surface area (Å²) in [5.41, 5.74) is -1.72. The van der Waals surface area contributed by atoms with Crippen LogP contribution in [0, 0.1) is 28.6 Å². The number of allylic oxidation sites excluding steroid dienone is 1. The Morgan fingerprint density at radius 3 is 2.55 bits per heavy atom. The summed E-state index contributed by atoms with van der Waals surface area (Å²) in [7, 11) is 0. The first kappa shape index (κ1) is 24.9. The second-order valence-electron chi connectivity index (χ2n) is 10.9. The van der Waals surface area contributed by atoms with Crippen molar-refractivity contribution >= 4 is 29.3 Å². The van der Waals surface area contributed by atoms with E-state index in [1.54, 1.807) is 13.0 Å². The third kappa shape index (κ3) is 3.81. The number of Topliss-reactive ketones (excluding diaryl/α,β-unsaturated/α-hetero) is 1. The predicted octanol–water partition coefficient (Wildman–Crippen LogP) is 2.06. The van der Waals surface area contributed by atoms with Gasteiger partial charge in [0.05, 0.1) is 35.9 Å². The van der Waals surface area contributed by atoms with Gasteiger partial charge < -0.3 is 20.1 Å². The quantitative estimate of drug-likeness (QED) is 0.494. The fourth-order valence-electron chi connectivity index (χ4n) is 7.42. The highest BCUT2D eigenvalue weighted by atomic mass is 32.2. The normalized spacial score (nSPS) is 44.4. The molecule has 0 bridgehead atoms. The molecule has 8 atom stereocenters. The number of esters is 1. The van der Waals surface area contributed by atoms with Gasteiger partial charge in [-0.15, -0.1) is 11.8 Å². The molecule has 0 aromatic rings. The molecule has 0 spiro atoms. The van der Waals surface area contributed by atoms with Gasteiger partial charge in [0.2, 0.25) is 0 Å². The maximum absolute atomic E-state index is 13.2. The molecule has 0 aromatic carbocycles. The number of aliphatic hydroxyl groups is 3. The first-order valence-electron chi connectivity index (χ1n) is 12.1. The largest absolute Gasteiger partial charge is 0.465 e. The van der Waals surface area contributed by atoms with Crippen molar-refractivity contribution < 1.29 is 34.4 Å². The molecular weight excluding hydrogens is 444 g/mol.